The Hall–Kier alpha value is -3.47. The van der Waals surface area contributed by atoms with Crippen molar-refractivity contribution in [3.8, 4) is 11.3 Å². The normalized spacial score (nSPS) is 12.6. The summed E-state index contributed by atoms with van der Waals surface area (Å²) in [4.78, 5) is 19.2. The van der Waals surface area contributed by atoms with Gasteiger partial charge in [-0.1, -0.05) is 0 Å². The number of anilines is 2. The van der Waals surface area contributed by atoms with Crippen molar-refractivity contribution < 1.29 is 23.1 Å². The van der Waals surface area contributed by atoms with Crippen LogP contribution in [0.1, 0.15) is 11.1 Å². The molecule has 8 nitrogen and oxygen atoms in total. The van der Waals surface area contributed by atoms with Gasteiger partial charge in [0.05, 0.1) is 24.0 Å². The summed E-state index contributed by atoms with van der Waals surface area (Å²) in [7, 11) is 0. The summed E-state index contributed by atoms with van der Waals surface area (Å²) in [5, 5.41) is 16.4. The molecule has 0 aliphatic rings. The minimum atomic E-state index is -4.48. The number of rotatable bonds is 6. The van der Waals surface area contributed by atoms with E-state index in [2.05, 4.69) is 20.4 Å². The molecule has 0 aromatic carbocycles. The summed E-state index contributed by atoms with van der Waals surface area (Å²) in [6, 6.07) is 5.20. The van der Waals surface area contributed by atoms with E-state index in [-0.39, 0.29) is 12.4 Å². The maximum Gasteiger partial charge on any atom is 0.416 e. The lowest BCUT2D eigenvalue weighted by Gasteiger charge is -2.10. The Morgan fingerprint density at radius 1 is 1.31 bits per heavy atom. The second-order valence-corrected chi connectivity index (χ2v) is 6.34. The van der Waals surface area contributed by atoms with Crippen molar-refractivity contribution in [3.05, 3.63) is 54.0 Å². The number of aromatic nitrogens is 4. The number of nitrogens with zero attached hydrogens (tertiary/aromatic N) is 4. The molecule has 4 N–H and O–H groups in total. The van der Waals surface area contributed by atoms with Gasteiger partial charge in [-0.05, 0) is 36.8 Å². The van der Waals surface area contributed by atoms with Crippen molar-refractivity contribution in [3.63, 3.8) is 0 Å². The van der Waals surface area contributed by atoms with Crippen LogP contribution in [0.3, 0.4) is 0 Å². The molecule has 0 radical (unpaired) electrons. The number of pyridine rings is 2. The highest BCUT2D eigenvalue weighted by atomic mass is 19.4. The predicted molar refractivity (Wildman–Crippen MR) is 97.9 cm³/mol. The lowest BCUT2D eigenvalue weighted by atomic mass is 10.1. The van der Waals surface area contributed by atoms with Crippen LogP contribution in [0.4, 0.5) is 24.8 Å². The van der Waals surface area contributed by atoms with Crippen molar-refractivity contribution in [2.45, 2.75) is 25.7 Å². The first-order valence-electron chi connectivity index (χ1n) is 8.41. The predicted octanol–water partition coefficient (Wildman–Crippen LogP) is 2.26. The number of nitrogens with one attached hydrogen (secondary N) is 1. The highest BCUT2D eigenvalue weighted by molar-refractivity contribution is 5.78. The van der Waals surface area contributed by atoms with Crippen molar-refractivity contribution in [1.82, 2.24) is 19.7 Å². The molecule has 11 heteroatoms. The summed E-state index contributed by atoms with van der Waals surface area (Å²) < 4.78 is 40.0. The van der Waals surface area contributed by atoms with Crippen LogP contribution in [0.25, 0.3) is 11.3 Å². The van der Waals surface area contributed by atoms with E-state index in [4.69, 9.17) is 5.73 Å². The number of alkyl halides is 3. The molecular formula is C18H17F3N6O2. The van der Waals surface area contributed by atoms with E-state index in [0.717, 1.165) is 23.9 Å². The average Bonchev–Trinajstić information content (AvgIpc) is 3.09. The quantitative estimate of drug-likeness (QED) is 0.578. The van der Waals surface area contributed by atoms with Crippen LogP contribution in [0.15, 0.2) is 42.9 Å². The molecule has 0 bridgehead atoms. The van der Waals surface area contributed by atoms with Crippen molar-refractivity contribution in [2.24, 2.45) is 5.73 Å². The molecule has 0 aliphatic carbocycles. The molecule has 0 fully saturated rings. The topological polar surface area (TPSA) is 119 Å². The lowest BCUT2D eigenvalue weighted by Crippen LogP contribution is -2.32. The third-order valence-corrected chi connectivity index (χ3v) is 3.93. The van der Waals surface area contributed by atoms with Crippen LogP contribution in [0, 0.1) is 6.92 Å². The maximum absolute atomic E-state index is 12.9. The van der Waals surface area contributed by atoms with Gasteiger partial charge in [0.2, 0.25) is 5.91 Å². The Morgan fingerprint density at radius 3 is 2.76 bits per heavy atom. The maximum atomic E-state index is 12.9. The molecule has 0 aliphatic heterocycles. The Bertz CT molecular complexity index is 1030. The first kappa shape index (κ1) is 20.3. The first-order valence-corrected chi connectivity index (χ1v) is 8.41. The third-order valence-electron chi connectivity index (χ3n) is 3.93. The minimum absolute atomic E-state index is 0.00384. The molecule has 29 heavy (non-hydrogen) atoms. The molecule has 0 saturated heterocycles. The number of hydrogen-bond donors (Lipinski definition) is 3. The summed E-state index contributed by atoms with van der Waals surface area (Å²) >= 11 is 0. The number of amides is 1. The van der Waals surface area contributed by atoms with Crippen LogP contribution >= 0.6 is 0 Å². The number of primary amides is 1. The molecule has 3 rings (SSSR count). The number of aryl methyl sites for hydroxylation is 1. The Morgan fingerprint density at radius 2 is 2.07 bits per heavy atom. The van der Waals surface area contributed by atoms with Gasteiger partial charge in [0.25, 0.3) is 0 Å². The van der Waals surface area contributed by atoms with Crippen LogP contribution < -0.4 is 11.1 Å². The fourth-order valence-electron chi connectivity index (χ4n) is 2.55. The van der Waals surface area contributed by atoms with Gasteiger partial charge in [-0.15, -0.1) is 0 Å². The van der Waals surface area contributed by atoms with Gasteiger partial charge in [-0.25, -0.2) is 9.97 Å². The van der Waals surface area contributed by atoms with Crippen molar-refractivity contribution in [1.29, 1.82) is 0 Å². The Balaban J connectivity index is 1.84. The first-order chi connectivity index (χ1) is 13.6. The fourth-order valence-corrected chi connectivity index (χ4v) is 2.55. The second-order valence-electron chi connectivity index (χ2n) is 6.34. The Labute approximate surface area is 163 Å². The fraction of sp³-hybridized carbons (Fsp3) is 0.222. The zero-order valence-corrected chi connectivity index (χ0v) is 15.2. The molecule has 0 spiro atoms. The molecule has 1 amide bonds. The van der Waals surface area contributed by atoms with Gasteiger partial charge in [0.1, 0.15) is 11.6 Å². The van der Waals surface area contributed by atoms with Gasteiger partial charge < -0.3 is 16.2 Å². The summed E-state index contributed by atoms with van der Waals surface area (Å²) in [6.07, 6.45) is -1.73. The van der Waals surface area contributed by atoms with Crippen molar-refractivity contribution in [2.75, 3.05) is 5.32 Å². The van der Waals surface area contributed by atoms with Crippen LogP contribution in [-0.2, 0) is 17.5 Å². The zero-order valence-electron chi connectivity index (χ0n) is 15.2. The highest BCUT2D eigenvalue weighted by Crippen LogP contribution is 2.30. The van der Waals surface area contributed by atoms with Crippen molar-refractivity contribution >= 4 is 17.5 Å². The number of aliphatic hydroxyl groups excluding tert-OH is 1. The van der Waals surface area contributed by atoms with Crippen LogP contribution in [0.2, 0.25) is 0 Å². The zero-order chi connectivity index (χ0) is 21.2. The summed E-state index contributed by atoms with van der Waals surface area (Å²) in [6.45, 7) is 1.69. The van der Waals surface area contributed by atoms with Crippen LogP contribution in [0.5, 0.6) is 0 Å². The largest absolute Gasteiger partial charge is 0.416 e. The van der Waals surface area contributed by atoms with E-state index in [1.165, 1.54) is 10.9 Å². The third kappa shape index (κ3) is 5.08. The number of carbonyl (C=O) groups is 1. The summed E-state index contributed by atoms with van der Waals surface area (Å²) in [5.41, 5.74) is 6.09. The number of hydrogen-bond acceptors (Lipinski definition) is 6. The molecule has 3 aromatic rings. The van der Waals surface area contributed by atoms with Gasteiger partial charge in [0, 0.05) is 18.0 Å². The van der Waals surface area contributed by atoms with E-state index in [1.807, 2.05) is 0 Å². The van der Waals surface area contributed by atoms with E-state index in [1.54, 1.807) is 25.3 Å². The molecule has 1 atom stereocenters. The van der Waals surface area contributed by atoms with E-state index in [0.29, 0.717) is 17.1 Å². The second kappa shape index (κ2) is 7.87. The molecule has 3 aromatic heterocycles. The number of aliphatic hydroxyl groups is 1. The standard InChI is InChI=1S/C18H17F3N6O2/c1-10-4-13(11-7-24-27(8-11)9-14(28)17(22)29)25-16(5-10)26-15-6-12(2-3-23-15)18(19,20)21/h2-8,14,28H,9H2,1H3,(H2,22,29)(H,23,25,26)/t14-/m0/s1. The molecule has 152 valence electrons. The number of nitrogens with two attached hydrogens (primary N) is 1. The van der Waals surface area contributed by atoms with Crippen LogP contribution in [-0.4, -0.2) is 36.9 Å². The number of halogens is 3. The summed E-state index contributed by atoms with van der Waals surface area (Å²) in [5.74, 6) is -0.559. The SMILES string of the molecule is Cc1cc(Nc2cc(C(F)(F)F)ccn2)nc(-c2cnn(C[C@H](O)C(N)=O)c2)c1. The lowest BCUT2D eigenvalue weighted by molar-refractivity contribution is -0.137. The average molecular weight is 406 g/mol. The van der Waals surface area contributed by atoms with E-state index < -0.39 is 23.8 Å². The van der Waals surface area contributed by atoms with E-state index in [9.17, 15) is 23.1 Å². The van der Waals surface area contributed by atoms with Gasteiger partial charge in [-0.2, -0.15) is 18.3 Å². The Kier molecular flexibility index (Phi) is 5.50. The minimum Gasteiger partial charge on any atom is -0.381 e. The van der Waals surface area contributed by atoms with Gasteiger partial charge in [0.15, 0.2) is 6.10 Å². The molecule has 0 saturated carbocycles. The smallest absolute Gasteiger partial charge is 0.381 e. The molecule has 3 heterocycles. The van der Waals surface area contributed by atoms with E-state index >= 15 is 0 Å². The monoisotopic (exact) mass is 406 g/mol. The van der Waals surface area contributed by atoms with Gasteiger partial charge >= 0.3 is 6.18 Å². The van der Waals surface area contributed by atoms with Gasteiger partial charge in [-0.3, -0.25) is 9.48 Å². The molecular weight excluding hydrogens is 389 g/mol. The highest BCUT2D eigenvalue weighted by Gasteiger charge is 2.30. The molecule has 0 unspecified atom stereocenters. The number of carbonyl (C=O) groups excluding carboxylic acids is 1.